The van der Waals surface area contributed by atoms with Crippen LogP contribution >= 0.6 is 0 Å². The molecule has 0 radical (unpaired) electrons. The smallest absolute Gasteiger partial charge is 0.0716 e. The Balaban J connectivity index is 1.44. The van der Waals surface area contributed by atoms with E-state index in [4.69, 9.17) is 4.98 Å². The number of fused-ring (bicyclic) bond motifs is 4. The highest BCUT2D eigenvalue weighted by atomic mass is 14.7. The van der Waals surface area contributed by atoms with Gasteiger partial charge in [0.1, 0.15) is 0 Å². The van der Waals surface area contributed by atoms with Crippen molar-refractivity contribution in [1.29, 1.82) is 0 Å². The van der Waals surface area contributed by atoms with Gasteiger partial charge in [-0.2, -0.15) is 0 Å². The molecule has 7 rings (SSSR count). The highest BCUT2D eigenvalue weighted by molar-refractivity contribution is 5.99. The Kier molecular flexibility index (Phi) is 5.32. The third-order valence-electron chi connectivity index (χ3n) is 8.54. The van der Waals surface area contributed by atoms with Crippen LogP contribution in [0.1, 0.15) is 36.1 Å². The predicted molar refractivity (Wildman–Crippen MR) is 165 cm³/mol. The summed E-state index contributed by atoms with van der Waals surface area (Å²) in [6.07, 6.45) is 0. The highest BCUT2D eigenvalue weighted by Gasteiger charge is 2.35. The maximum absolute atomic E-state index is 5.23. The van der Waals surface area contributed by atoms with E-state index in [9.17, 15) is 0 Å². The Labute approximate surface area is 230 Å². The standard InChI is InChI=1S/C38H31N/c1-24-11-10-12-25(2)37(24)28-18-20-35-32(21-28)31(26-13-6-5-7-14-26)23-36(39-35)27-17-19-30-29-15-8-9-16-33(29)38(3,4)34(30)22-27/h5-23H,1-4H3. The average molecular weight is 502 g/mol. The molecule has 0 N–H and O–H groups in total. The molecular weight excluding hydrogens is 470 g/mol. The second kappa shape index (κ2) is 8.78. The third kappa shape index (κ3) is 3.72. The minimum atomic E-state index is -0.0403. The summed E-state index contributed by atoms with van der Waals surface area (Å²) >= 11 is 0. The number of aromatic nitrogens is 1. The van der Waals surface area contributed by atoms with Crippen LogP contribution in [0.25, 0.3) is 55.5 Å². The van der Waals surface area contributed by atoms with E-state index in [1.54, 1.807) is 0 Å². The zero-order valence-electron chi connectivity index (χ0n) is 22.9. The van der Waals surface area contributed by atoms with E-state index in [0.29, 0.717) is 0 Å². The SMILES string of the molecule is Cc1cccc(C)c1-c1ccc2nc(-c3ccc4c(c3)C(C)(C)c3ccccc3-4)cc(-c3ccccc3)c2c1. The molecule has 0 fully saturated rings. The van der Waals surface area contributed by atoms with Gasteiger partial charge in [0.05, 0.1) is 11.2 Å². The number of aryl methyl sites for hydroxylation is 2. The van der Waals surface area contributed by atoms with Crippen LogP contribution in [0.2, 0.25) is 0 Å². The quantitative estimate of drug-likeness (QED) is 0.235. The summed E-state index contributed by atoms with van der Waals surface area (Å²) in [6, 6.07) is 42.0. The highest BCUT2D eigenvalue weighted by Crippen LogP contribution is 2.49. The summed E-state index contributed by atoms with van der Waals surface area (Å²) in [6.45, 7) is 9.05. The number of hydrogen-bond acceptors (Lipinski definition) is 1. The van der Waals surface area contributed by atoms with E-state index < -0.39 is 0 Å². The Morgan fingerprint density at radius 1 is 0.513 bits per heavy atom. The van der Waals surface area contributed by atoms with E-state index in [1.165, 1.54) is 61.0 Å². The van der Waals surface area contributed by atoms with Crippen LogP contribution in [0.5, 0.6) is 0 Å². The summed E-state index contributed by atoms with van der Waals surface area (Å²) in [4.78, 5) is 5.23. The molecule has 1 heteroatoms. The fourth-order valence-electron chi connectivity index (χ4n) is 6.52. The lowest BCUT2D eigenvalue weighted by Crippen LogP contribution is -2.14. The predicted octanol–water partition coefficient (Wildman–Crippen LogP) is 10.2. The number of benzene rings is 5. The Hall–Kier alpha value is -4.49. The minimum absolute atomic E-state index is 0.0403. The first-order valence-corrected chi connectivity index (χ1v) is 13.7. The first-order chi connectivity index (χ1) is 18.9. The maximum atomic E-state index is 5.23. The molecule has 5 aromatic carbocycles. The van der Waals surface area contributed by atoms with Gasteiger partial charge in [0.25, 0.3) is 0 Å². The Morgan fingerprint density at radius 3 is 2.00 bits per heavy atom. The molecule has 0 aliphatic heterocycles. The van der Waals surface area contributed by atoms with Crippen LogP contribution in [-0.4, -0.2) is 4.98 Å². The largest absolute Gasteiger partial charge is 0.248 e. The molecule has 1 aliphatic carbocycles. The van der Waals surface area contributed by atoms with Crippen molar-refractivity contribution < 1.29 is 0 Å². The van der Waals surface area contributed by atoms with Crippen LogP contribution in [0.15, 0.2) is 115 Å². The number of hydrogen-bond donors (Lipinski definition) is 0. The van der Waals surface area contributed by atoms with Crippen LogP contribution < -0.4 is 0 Å². The van der Waals surface area contributed by atoms with Crippen molar-refractivity contribution in [2.24, 2.45) is 0 Å². The monoisotopic (exact) mass is 501 g/mol. The molecule has 1 nitrogen and oxygen atoms in total. The molecule has 1 aliphatic rings. The molecule has 0 unspecified atom stereocenters. The van der Waals surface area contributed by atoms with Crippen LogP contribution in [0, 0.1) is 13.8 Å². The van der Waals surface area contributed by atoms with Gasteiger partial charge in [0, 0.05) is 16.4 Å². The van der Waals surface area contributed by atoms with Crippen molar-refractivity contribution in [2.45, 2.75) is 33.1 Å². The molecular formula is C38H31N. The third-order valence-corrected chi connectivity index (χ3v) is 8.54. The molecule has 6 aromatic rings. The van der Waals surface area contributed by atoms with E-state index in [1.807, 2.05) is 0 Å². The summed E-state index contributed by atoms with van der Waals surface area (Å²) < 4.78 is 0. The van der Waals surface area contributed by atoms with Crippen LogP contribution in [0.4, 0.5) is 0 Å². The topological polar surface area (TPSA) is 12.9 Å². The normalized spacial score (nSPS) is 13.3. The number of pyridine rings is 1. The van der Waals surface area contributed by atoms with Gasteiger partial charge in [-0.15, -0.1) is 0 Å². The minimum Gasteiger partial charge on any atom is -0.248 e. The van der Waals surface area contributed by atoms with Crippen molar-refractivity contribution >= 4 is 10.9 Å². The second-order valence-electron chi connectivity index (χ2n) is 11.4. The fraction of sp³-hybridized carbons (Fsp3) is 0.132. The van der Waals surface area contributed by atoms with Crippen molar-refractivity contribution in [3.05, 3.63) is 138 Å². The van der Waals surface area contributed by atoms with E-state index >= 15 is 0 Å². The van der Waals surface area contributed by atoms with Gasteiger partial charge in [0.2, 0.25) is 0 Å². The summed E-state index contributed by atoms with van der Waals surface area (Å²) in [5, 5.41) is 1.18. The molecule has 0 amide bonds. The number of rotatable bonds is 3. The Morgan fingerprint density at radius 2 is 1.21 bits per heavy atom. The van der Waals surface area contributed by atoms with Crippen molar-refractivity contribution in [1.82, 2.24) is 4.98 Å². The Bertz CT molecular complexity index is 1870. The molecule has 1 aromatic heterocycles. The summed E-state index contributed by atoms with van der Waals surface area (Å²) in [5.41, 5.74) is 16.1. The lowest BCUT2D eigenvalue weighted by atomic mass is 9.82. The molecule has 0 saturated heterocycles. The van der Waals surface area contributed by atoms with Gasteiger partial charge in [-0.1, -0.05) is 105 Å². The maximum Gasteiger partial charge on any atom is 0.0716 e. The molecule has 0 saturated carbocycles. The van der Waals surface area contributed by atoms with Crippen molar-refractivity contribution in [3.63, 3.8) is 0 Å². The number of nitrogens with zero attached hydrogens (tertiary/aromatic N) is 1. The average Bonchev–Trinajstić information content (AvgIpc) is 3.19. The fourth-order valence-corrected chi connectivity index (χ4v) is 6.52. The lowest BCUT2D eigenvalue weighted by molar-refractivity contribution is 0.660. The molecule has 0 atom stereocenters. The molecule has 39 heavy (non-hydrogen) atoms. The molecule has 0 spiro atoms. The lowest BCUT2D eigenvalue weighted by Gasteiger charge is -2.22. The zero-order chi connectivity index (χ0) is 26.7. The van der Waals surface area contributed by atoms with Gasteiger partial charge in [-0.05, 0) is 93.7 Å². The van der Waals surface area contributed by atoms with Gasteiger partial charge in [-0.3, -0.25) is 0 Å². The van der Waals surface area contributed by atoms with Gasteiger partial charge >= 0.3 is 0 Å². The first kappa shape index (κ1) is 23.6. The summed E-state index contributed by atoms with van der Waals surface area (Å²) in [5.74, 6) is 0. The summed E-state index contributed by atoms with van der Waals surface area (Å²) in [7, 11) is 0. The van der Waals surface area contributed by atoms with Crippen LogP contribution in [0.3, 0.4) is 0 Å². The van der Waals surface area contributed by atoms with Crippen molar-refractivity contribution in [2.75, 3.05) is 0 Å². The van der Waals surface area contributed by atoms with E-state index in [-0.39, 0.29) is 5.41 Å². The molecule has 0 bridgehead atoms. The van der Waals surface area contributed by atoms with Crippen molar-refractivity contribution in [3.8, 4) is 44.6 Å². The molecule has 188 valence electrons. The van der Waals surface area contributed by atoms with Crippen LogP contribution in [-0.2, 0) is 5.41 Å². The zero-order valence-corrected chi connectivity index (χ0v) is 22.9. The van der Waals surface area contributed by atoms with E-state index in [2.05, 4.69) is 143 Å². The molecule has 1 heterocycles. The van der Waals surface area contributed by atoms with E-state index in [0.717, 1.165) is 16.8 Å². The van der Waals surface area contributed by atoms with Gasteiger partial charge in [-0.25, -0.2) is 4.98 Å². The van der Waals surface area contributed by atoms with Gasteiger partial charge < -0.3 is 0 Å². The van der Waals surface area contributed by atoms with Gasteiger partial charge in [0.15, 0.2) is 0 Å². The first-order valence-electron chi connectivity index (χ1n) is 13.7. The second-order valence-corrected chi connectivity index (χ2v) is 11.4.